The van der Waals surface area contributed by atoms with Crippen molar-refractivity contribution in [2.75, 3.05) is 5.75 Å². The zero-order chi connectivity index (χ0) is 12.8. The van der Waals surface area contributed by atoms with Crippen molar-refractivity contribution in [3.8, 4) is 6.07 Å². The maximum atomic E-state index is 11.4. The first-order chi connectivity index (χ1) is 7.30. The van der Waals surface area contributed by atoms with Crippen molar-refractivity contribution in [2.24, 2.45) is 5.92 Å². The SMILES string of the molecule is CC(C)[C@@H](NS(=O)(=O)CCCC#N)C(=O)O. The second-order valence-electron chi connectivity index (χ2n) is 3.76. The third kappa shape index (κ3) is 5.68. The smallest absolute Gasteiger partial charge is 0.321 e. The summed E-state index contributed by atoms with van der Waals surface area (Å²) in [6.07, 6.45) is 0.344. The van der Waals surface area contributed by atoms with Gasteiger partial charge in [-0.15, -0.1) is 0 Å². The fourth-order valence-electron chi connectivity index (χ4n) is 1.07. The molecule has 0 bridgehead atoms. The molecule has 0 amide bonds. The number of unbranched alkanes of at least 4 members (excludes halogenated alkanes) is 1. The van der Waals surface area contributed by atoms with Gasteiger partial charge < -0.3 is 5.11 Å². The number of carboxylic acids is 1. The fourth-order valence-corrected chi connectivity index (χ4v) is 2.47. The van der Waals surface area contributed by atoms with Crippen LogP contribution in [0.2, 0.25) is 0 Å². The molecule has 6 nitrogen and oxygen atoms in total. The van der Waals surface area contributed by atoms with Crippen LogP contribution in [0.4, 0.5) is 0 Å². The highest BCUT2D eigenvalue weighted by molar-refractivity contribution is 7.89. The summed E-state index contributed by atoms with van der Waals surface area (Å²) >= 11 is 0. The Balaban J connectivity index is 4.44. The van der Waals surface area contributed by atoms with Crippen LogP contribution < -0.4 is 4.72 Å². The molecular formula is C9H16N2O4S. The summed E-state index contributed by atoms with van der Waals surface area (Å²) in [7, 11) is -3.63. The van der Waals surface area contributed by atoms with E-state index in [9.17, 15) is 13.2 Å². The van der Waals surface area contributed by atoms with Crippen LogP contribution in [0.25, 0.3) is 0 Å². The maximum Gasteiger partial charge on any atom is 0.321 e. The summed E-state index contributed by atoms with van der Waals surface area (Å²) in [5.41, 5.74) is 0. The summed E-state index contributed by atoms with van der Waals surface area (Å²) in [6.45, 7) is 3.24. The molecule has 0 unspecified atom stereocenters. The van der Waals surface area contributed by atoms with E-state index in [0.717, 1.165) is 0 Å². The Labute approximate surface area is 95.3 Å². The summed E-state index contributed by atoms with van der Waals surface area (Å²) in [4.78, 5) is 10.8. The molecular weight excluding hydrogens is 232 g/mol. The van der Waals surface area contributed by atoms with E-state index >= 15 is 0 Å². The van der Waals surface area contributed by atoms with Crippen LogP contribution in [0.15, 0.2) is 0 Å². The molecule has 0 aromatic carbocycles. The predicted molar refractivity (Wildman–Crippen MR) is 58.0 cm³/mol. The monoisotopic (exact) mass is 248 g/mol. The lowest BCUT2D eigenvalue weighted by Crippen LogP contribution is -2.45. The van der Waals surface area contributed by atoms with Crippen molar-refractivity contribution in [3.63, 3.8) is 0 Å². The van der Waals surface area contributed by atoms with Gasteiger partial charge in [-0.05, 0) is 12.3 Å². The molecule has 0 spiro atoms. The van der Waals surface area contributed by atoms with Crippen molar-refractivity contribution in [2.45, 2.75) is 32.7 Å². The number of aliphatic carboxylic acids is 1. The molecule has 0 aromatic rings. The Morgan fingerprint density at radius 3 is 2.44 bits per heavy atom. The van der Waals surface area contributed by atoms with Gasteiger partial charge in [0.05, 0.1) is 11.8 Å². The molecule has 7 heteroatoms. The van der Waals surface area contributed by atoms with Crippen molar-refractivity contribution in [1.82, 2.24) is 4.72 Å². The quantitative estimate of drug-likeness (QED) is 0.631. The standard InChI is InChI=1S/C9H16N2O4S/c1-7(2)8(9(12)13)11-16(14,15)6-4-3-5-10/h7-8,11H,3-4,6H2,1-2H3,(H,12,13)/t8-/m1/s1. The second-order valence-corrected chi connectivity index (χ2v) is 5.63. The van der Waals surface area contributed by atoms with Crippen LogP contribution >= 0.6 is 0 Å². The average Bonchev–Trinajstić information content (AvgIpc) is 2.13. The van der Waals surface area contributed by atoms with E-state index < -0.39 is 22.0 Å². The molecule has 0 aliphatic carbocycles. The molecule has 0 aliphatic heterocycles. The van der Waals surface area contributed by atoms with Gasteiger partial charge in [0.2, 0.25) is 10.0 Å². The van der Waals surface area contributed by atoms with Crippen LogP contribution in [0, 0.1) is 17.2 Å². The molecule has 0 aliphatic rings. The summed E-state index contributed by atoms with van der Waals surface area (Å²) in [5, 5.41) is 17.1. The van der Waals surface area contributed by atoms with Crippen LogP contribution in [0.1, 0.15) is 26.7 Å². The van der Waals surface area contributed by atoms with E-state index in [1.807, 2.05) is 6.07 Å². The Hall–Kier alpha value is -1.13. The van der Waals surface area contributed by atoms with Crippen LogP contribution in [-0.2, 0) is 14.8 Å². The van der Waals surface area contributed by atoms with Crippen molar-refractivity contribution in [3.05, 3.63) is 0 Å². The van der Waals surface area contributed by atoms with E-state index in [0.29, 0.717) is 0 Å². The molecule has 0 fully saturated rings. The summed E-state index contributed by atoms with van der Waals surface area (Å²) in [6, 6.07) is 0.712. The topological polar surface area (TPSA) is 107 Å². The normalized spacial score (nSPS) is 13.4. The van der Waals surface area contributed by atoms with Crippen molar-refractivity contribution < 1.29 is 18.3 Å². The first-order valence-corrected chi connectivity index (χ1v) is 6.55. The van der Waals surface area contributed by atoms with E-state index in [2.05, 4.69) is 4.72 Å². The summed E-state index contributed by atoms with van der Waals surface area (Å²) in [5.74, 6) is -1.75. The first-order valence-electron chi connectivity index (χ1n) is 4.90. The highest BCUT2D eigenvalue weighted by Gasteiger charge is 2.26. The lowest BCUT2D eigenvalue weighted by atomic mass is 10.1. The maximum absolute atomic E-state index is 11.4. The number of carbonyl (C=O) groups is 1. The van der Waals surface area contributed by atoms with E-state index in [1.165, 1.54) is 0 Å². The van der Waals surface area contributed by atoms with Gasteiger partial charge in [-0.2, -0.15) is 5.26 Å². The lowest BCUT2D eigenvalue weighted by Gasteiger charge is -2.17. The van der Waals surface area contributed by atoms with E-state index in [-0.39, 0.29) is 24.5 Å². The Morgan fingerprint density at radius 1 is 1.50 bits per heavy atom. The lowest BCUT2D eigenvalue weighted by molar-refractivity contribution is -0.140. The Kier molecular flexibility index (Phi) is 6.00. The van der Waals surface area contributed by atoms with Gasteiger partial charge >= 0.3 is 5.97 Å². The molecule has 0 saturated carbocycles. The first kappa shape index (κ1) is 14.9. The summed E-state index contributed by atoms with van der Waals surface area (Å²) < 4.78 is 25.0. The fraction of sp³-hybridized carbons (Fsp3) is 0.778. The average molecular weight is 248 g/mol. The number of nitriles is 1. The Bertz CT molecular complexity index is 369. The highest BCUT2D eigenvalue weighted by Crippen LogP contribution is 2.04. The minimum atomic E-state index is -3.63. The predicted octanol–water partition coefficient (Wildman–Crippen LogP) is 0.319. The number of hydrogen-bond acceptors (Lipinski definition) is 4. The van der Waals surface area contributed by atoms with Crippen LogP contribution in [0.3, 0.4) is 0 Å². The number of rotatable bonds is 7. The van der Waals surface area contributed by atoms with Gasteiger partial charge in [0.25, 0.3) is 0 Å². The minimum Gasteiger partial charge on any atom is -0.480 e. The van der Waals surface area contributed by atoms with Crippen molar-refractivity contribution in [1.29, 1.82) is 5.26 Å². The third-order valence-corrected chi connectivity index (χ3v) is 3.38. The number of nitrogens with one attached hydrogen (secondary N) is 1. The number of sulfonamides is 1. The molecule has 1 atom stereocenters. The molecule has 0 radical (unpaired) electrons. The Morgan fingerprint density at radius 2 is 2.06 bits per heavy atom. The molecule has 2 N–H and O–H groups in total. The van der Waals surface area contributed by atoms with Gasteiger partial charge in [-0.25, -0.2) is 13.1 Å². The molecule has 0 saturated heterocycles. The molecule has 16 heavy (non-hydrogen) atoms. The number of hydrogen-bond donors (Lipinski definition) is 2. The van der Waals surface area contributed by atoms with Gasteiger partial charge in [0.15, 0.2) is 0 Å². The largest absolute Gasteiger partial charge is 0.480 e. The minimum absolute atomic E-state index is 0.139. The molecule has 0 heterocycles. The van der Waals surface area contributed by atoms with E-state index in [4.69, 9.17) is 10.4 Å². The van der Waals surface area contributed by atoms with Gasteiger partial charge in [-0.3, -0.25) is 4.79 Å². The van der Waals surface area contributed by atoms with Crippen molar-refractivity contribution >= 4 is 16.0 Å². The van der Waals surface area contributed by atoms with Crippen LogP contribution in [0.5, 0.6) is 0 Å². The van der Waals surface area contributed by atoms with Gasteiger partial charge in [-0.1, -0.05) is 13.8 Å². The van der Waals surface area contributed by atoms with E-state index in [1.54, 1.807) is 13.8 Å². The van der Waals surface area contributed by atoms with Gasteiger partial charge in [0.1, 0.15) is 6.04 Å². The molecule has 0 aromatic heterocycles. The zero-order valence-electron chi connectivity index (χ0n) is 9.30. The highest BCUT2D eigenvalue weighted by atomic mass is 32.2. The molecule has 92 valence electrons. The number of carboxylic acid groups (broad SMARTS) is 1. The van der Waals surface area contributed by atoms with Gasteiger partial charge in [0, 0.05) is 6.42 Å². The molecule has 0 rings (SSSR count). The second kappa shape index (κ2) is 6.45. The van der Waals surface area contributed by atoms with Crippen LogP contribution in [-0.4, -0.2) is 31.3 Å². The third-order valence-electron chi connectivity index (χ3n) is 1.94. The zero-order valence-corrected chi connectivity index (χ0v) is 10.1. The number of nitrogens with zero attached hydrogens (tertiary/aromatic N) is 1.